The molecular weight excluding hydrogens is 171 g/mol. The number of hydrogen-bond acceptors (Lipinski definition) is 3. The Balaban J connectivity index is 3.07. The van der Waals surface area contributed by atoms with Crippen molar-refractivity contribution < 1.29 is 4.89 Å². The first-order chi connectivity index (χ1) is 4.06. The van der Waals surface area contributed by atoms with Crippen LogP contribution in [0.1, 0.15) is 26.2 Å². The van der Waals surface area contributed by atoms with Gasteiger partial charge < -0.3 is 0 Å². The minimum absolute atomic E-state index is 0.799. The first kappa shape index (κ1) is 10.1. The fourth-order valence-electron chi connectivity index (χ4n) is 0.612. The van der Waals surface area contributed by atoms with E-state index in [2.05, 4.69) is 31.4 Å². The number of thiol groups is 2. The van der Waals surface area contributed by atoms with Gasteiger partial charge in [-0.1, -0.05) is 0 Å². The van der Waals surface area contributed by atoms with Crippen LogP contribution >= 0.6 is 30.4 Å². The van der Waals surface area contributed by atoms with E-state index in [1.165, 1.54) is 12.8 Å². The SMILES string of the molecule is CCCCC[PH](O)(S)S. The van der Waals surface area contributed by atoms with E-state index in [-0.39, 0.29) is 0 Å². The Labute approximate surface area is 68.0 Å². The van der Waals surface area contributed by atoms with Crippen LogP contribution in [0, 0.1) is 0 Å². The van der Waals surface area contributed by atoms with Crippen LogP contribution in [0.15, 0.2) is 0 Å². The van der Waals surface area contributed by atoms with Crippen LogP contribution in [0.3, 0.4) is 0 Å². The molecule has 0 radical (unpaired) electrons. The molecule has 58 valence electrons. The van der Waals surface area contributed by atoms with Crippen LogP contribution in [0.4, 0.5) is 0 Å². The van der Waals surface area contributed by atoms with Crippen LogP contribution in [-0.4, -0.2) is 11.1 Å². The molecule has 0 aliphatic carbocycles. The summed E-state index contributed by atoms with van der Waals surface area (Å²) in [5.74, 6) is -2.31. The maximum atomic E-state index is 9.11. The molecular formula is C5H15OPS2. The van der Waals surface area contributed by atoms with Crippen molar-refractivity contribution in [2.45, 2.75) is 26.2 Å². The van der Waals surface area contributed by atoms with Gasteiger partial charge in [0, 0.05) is 0 Å². The predicted molar refractivity (Wildman–Crippen MR) is 52.9 cm³/mol. The topological polar surface area (TPSA) is 20.2 Å². The molecule has 0 aliphatic rings. The molecule has 0 heterocycles. The standard InChI is InChI=1S/C5H15OPS2/c1-2-3-4-5-7(6,8)9/h6-9H,2-5H2,1H3. The molecule has 0 aromatic rings. The predicted octanol–water partition coefficient (Wildman–Crippen LogP) is 2.52. The third-order valence-electron chi connectivity index (χ3n) is 1.12. The quantitative estimate of drug-likeness (QED) is 0.350. The molecule has 1 nitrogen and oxygen atoms in total. The van der Waals surface area contributed by atoms with Crippen LogP contribution < -0.4 is 0 Å². The first-order valence-electron chi connectivity index (χ1n) is 3.23. The molecule has 9 heavy (non-hydrogen) atoms. The third-order valence-corrected chi connectivity index (χ3v) is 3.48. The average Bonchev–Trinajstić information content (AvgIpc) is 1.63. The molecule has 0 rings (SSSR count). The van der Waals surface area contributed by atoms with Gasteiger partial charge in [-0.25, -0.2) is 0 Å². The second-order valence-electron chi connectivity index (χ2n) is 2.23. The second kappa shape index (κ2) is 4.84. The zero-order chi connectivity index (χ0) is 7.33. The van der Waals surface area contributed by atoms with Gasteiger partial charge in [0.15, 0.2) is 0 Å². The molecule has 0 saturated carbocycles. The van der Waals surface area contributed by atoms with Crippen LogP contribution in [0.2, 0.25) is 0 Å². The molecule has 0 amide bonds. The van der Waals surface area contributed by atoms with Crippen molar-refractivity contribution in [1.82, 2.24) is 0 Å². The molecule has 1 N–H and O–H groups in total. The molecule has 0 aromatic carbocycles. The molecule has 0 saturated heterocycles. The zero-order valence-electron chi connectivity index (χ0n) is 5.67. The summed E-state index contributed by atoms with van der Waals surface area (Å²) in [5.41, 5.74) is 0. The minimum atomic E-state index is -2.31. The van der Waals surface area contributed by atoms with E-state index in [0.717, 1.165) is 12.6 Å². The summed E-state index contributed by atoms with van der Waals surface area (Å²) in [6, 6.07) is 0. The maximum absolute atomic E-state index is 9.11. The normalized spacial score (nSPS) is 13.8. The fraction of sp³-hybridized carbons (Fsp3) is 1.00. The summed E-state index contributed by atoms with van der Waals surface area (Å²) < 4.78 is 0. The van der Waals surface area contributed by atoms with Crippen molar-refractivity contribution in [3.8, 4) is 0 Å². The molecule has 0 aliphatic heterocycles. The molecule has 0 unspecified atom stereocenters. The summed E-state index contributed by atoms with van der Waals surface area (Å²) >= 11 is 7.97. The van der Waals surface area contributed by atoms with E-state index < -0.39 is 5.89 Å². The number of rotatable bonds is 4. The summed E-state index contributed by atoms with van der Waals surface area (Å²) in [5, 5.41) is 0. The summed E-state index contributed by atoms with van der Waals surface area (Å²) in [6.07, 6.45) is 4.22. The molecule has 0 fully saturated rings. The van der Waals surface area contributed by atoms with Gasteiger partial charge in [-0.15, -0.1) is 0 Å². The van der Waals surface area contributed by atoms with Crippen LogP contribution in [-0.2, 0) is 0 Å². The van der Waals surface area contributed by atoms with E-state index in [1.807, 2.05) is 0 Å². The van der Waals surface area contributed by atoms with Gasteiger partial charge >= 0.3 is 67.6 Å². The van der Waals surface area contributed by atoms with Crippen LogP contribution in [0.5, 0.6) is 0 Å². The van der Waals surface area contributed by atoms with Crippen molar-refractivity contribution in [3.63, 3.8) is 0 Å². The van der Waals surface area contributed by atoms with E-state index in [1.54, 1.807) is 0 Å². The molecule has 0 bridgehead atoms. The Bertz CT molecular complexity index is 71.8. The van der Waals surface area contributed by atoms with Gasteiger partial charge in [0.25, 0.3) is 0 Å². The van der Waals surface area contributed by atoms with Gasteiger partial charge in [-0.05, 0) is 0 Å². The van der Waals surface area contributed by atoms with Crippen LogP contribution in [0.25, 0.3) is 0 Å². The molecule has 0 aromatic heterocycles. The van der Waals surface area contributed by atoms with Crippen molar-refractivity contribution in [3.05, 3.63) is 0 Å². The van der Waals surface area contributed by atoms with Crippen molar-refractivity contribution >= 4 is 30.4 Å². The Morgan fingerprint density at radius 3 is 2.22 bits per heavy atom. The summed E-state index contributed by atoms with van der Waals surface area (Å²) in [6.45, 7) is 2.14. The van der Waals surface area contributed by atoms with Gasteiger partial charge in [-0.3, -0.25) is 0 Å². The Hall–Kier alpha value is 1.09. The Kier molecular flexibility index (Phi) is 5.42. The fourth-order valence-corrected chi connectivity index (χ4v) is 2.29. The van der Waals surface area contributed by atoms with Gasteiger partial charge in [0.1, 0.15) is 0 Å². The van der Waals surface area contributed by atoms with E-state index >= 15 is 0 Å². The van der Waals surface area contributed by atoms with Crippen molar-refractivity contribution in [2.24, 2.45) is 0 Å². The van der Waals surface area contributed by atoms with Gasteiger partial charge in [0.05, 0.1) is 0 Å². The zero-order valence-corrected chi connectivity index (χ0v) is 8.46. The van der Waals surface area contributed by atoms with E-state index in [0.29, 0.717) is 0 Å². The molecule has 4 heteroatoms. The molecule has 0 spiro atoms. The monoisotopic (exact) mass is 186 g/mol. The van der Waals surface area contributed by atoms with E-state index in [4.69, 9.17) is 4.89 Å². The Morgan fingerprint density at radius 2 is 1.89 bits per heavy atom. The van der Waals surface area contributed by atoms with Gasteiger partial charge in [-0.2, -0.15) is 0 Å². The average molecular weight is 186 g/mol. The van der Waals surface area contributed by atoms with Crippen molar-refractivity contribution in [2.75, 3.05) is 6.16 Å². The molecule has 0 atom stereocenters. The summed E-state index contributed by atoms with van der Waals surface area (Å²) in [7, 11) is 0. The van der Waals surface area contributed by atoms with Crippen molar-refractivity contribution in [1.29, 1.82) is 0 Å². The summed E-state index contributed by atoms with van der Waals surface area (Å²) in [4.78, 5) is 9.11. The number of unbranched alkanes of at least 4 members (excludes halogenated alkanes) is 2. The first-order valence-corrected chi connectivity index (χ1v) is 7.96. The van der Waals surface area contributed by atoms with E-state index in [9.17, 15) is 0 Å². The third kappa shape index (κ3) is 9.09. The Morgan fingerprint density at radius 1 is 1.33 bits per heavy atom. The van der Waals surface area contributed by atoms with Gasteiger partial charge in [0.2, 0.25) is 0 Å². The second-order valence-corrected chi connectivity index (χ2v) is 9.78. The number of hydrogen-bond donors (Lipinski definition) is 3.